The molecule has 0 spiro atoms. The van der Waals surface area contributed by atoms with Crippen molar-refractivity contribution in [2.45, 2.75) is 0 Å². The lowest BCUT2D eigenvalue weighted by molar-refractivity contribution is 0.104. The fraction of sp³-hybridized carbons (Fsp3) is 0.0455. The van der Waals surface area contributed by atoms with Crippen LogP contribution in [-0.2, 0) is 0 Å². The van der Waals surface area contributed by atoms with Crippen molar-refractivity contribution >= 4 is 17.2 Å². The molecule has 0 aliphatic carbocycles. The lowest BCUT2D eigenvalue weighted by Crippen LogP contribution is -2.16. The number of nitrogens with zero attached hydrogens (tertiary/aromatic N) is 1. The Hall–Kier alpha value is -3.13. The number of anilines is 1. The summed E-state index contributed by atoms with van der Waals surface area (Å²) in [4.78, 5) is 14.7. The van der Waals surface area contributed by atoms with E-state index in [1.807, 2.05) is 103 Å². The molecule has 3 rings (SSSR count). The van der Waals surface area contributed by atoms with Crippen molar-refractivity contribution in [1.82, 2.24) is 0 Å². The summed E-state index contributed by atoms with van der Waals surface area (Å²) >= 11 is 0. The Kier molecular flexibility index (Phi) is 4.87. The highest BCUT2D eigenvalue weighted by Gasteiger charge is 2.12. The largest absolute Gasteiger partial charge is 0.344 e. The Morgan fingerprint density at radius 1 is 0.708 bits per heavy atom. The number of para-hydroxylation sites is 1. The van der Waals surface area contributed by atoms with Gasteiger partial charge in [-0.3, -0.25) is 4.79 Å². The minimum absolute atomic E-state index is 0.00256. The first-order valence-corrected chi connectivity index (χ1v) is 7.91. The molecule has 0 fully saturated rings. The Balaban J connectivity index is 2.03. The van der Waals surface area contributed by atoms with Crippen LogP contribution in [0.4, 0.5) is 5.69 Å². The number of hydrogen-bond donors (Lipinski definition) is 0. The SMILES string of the molecule is CN(/C(=C\C(=O)c1ccccc1)c1ccccc1)c1ccccc1. The highest BCUT2D eigenvalue weighted by atomic mass is 16.1. The molecule has 0 amide bonds. The van der Waals surface area contributed by atoms with E-state index in [1.165, 1.54) is 0 Å². The Bertz CT molecular complexity index is 824. The van der Waals surface area contributed by atoms with Crippen molar-refractivity contribution in [1.29, 1.82) is 0 Å². The van der Waals surface area contributed by atoms with Gasteiger partial charge in [-0.05, 0) is 17.7 Å². The molecular formula is C22H19NO. The second kappa shape index (κ2) is 7.42. The van der Waals surface area contributed by atoms with E-state index in [0.717, 1.165) is 16.9 Å². The summed E-state index contributed by atoms with van der Waals surface area (Å²) < 4.78 is 0. The van der Waals surface area contributed by atoms with Gasteiger partial charge in [-0.15, -0.1) is 0 Å². The van der Waals surface area contributed by atoms with E-state index in [1.54, 1.807) is 6.08 Å². The molecule has 118 valence electrons. The van der Waals surface area contributed by atoms with Crippen molar-refractivity contribution < 1.29 is 4.79 Å². The summed E-state index contributed by atoms with van der Waals surface area (Å²) in [6.45, 7) is 0. The number of hydrogen-bond acceptors (Lipinski definition) is 2. The lowest BCUT2D eigenvalue weighted by atomic mass is 10.1. The molecule has 24 heavy (non-hydrogen) atoms. The molecule has 0 N–H and O–H groups in total. The van der Waals surface area contributed by atoms with E-state index in [4.69, 9.17) is 0 Å². The van der Waals surface area contributed by atoms with Crippen molar-refractivity contribution in [3.05, 3.63) is 108 Å². The van der Waals surface area contributed by atoms with Crippen LogP contribution >= 0.6 is 0 Å². The van der Waals surface area contributed by atoms with Crippen LogP contribution in [0.3, 0.4) is 0 Å². The Morgan fingerprint density at radius 2 is 1.17 bits per heavy atom. The molecule has 0 aliphatic heterocycles. The number of benzene rings is 3. The van der Waals surface area contributed by atoms with E-state index in [2.05, 4.69) is 0 Å². The average Bonchev–Trinajstić information content (AvgIpc) is 2.67. The molecule has 3 aromatic rings. The van der Waals surface area contributed by atoms with E-state index in [9.17, 15) is 4.79 Å². The highest BCUT2D eigenvalue weighted by Crippen LogP contribution is 2.25. The summed E-state index contributed by atoms with van der Waals surface area (Å²) in [5, 5.41) is 0. The molecule has 0 heterocycles. The van der Waals surface area contributed by atoms with Gasteiger partial charge in [0.05, 0.1) is 5.70 Å². The molecule has 0 saturated heterocycles. The number of rotatable bonds is 5. The molecule has 0 saturated carbocycles. The molecule has 3 aromatic carbocycles. The molecule has 0 atom stereocenters. The van der Waals surface area contributed by atoms with E-state index in [-0.39, 0.29) is 5.78 Å². The van der Waals surface area contributed by atoms with Gasteiger partial charge in [0.2, 0.25) is 0 Å². The number of carbonyl (C=O) groups is 1. The van der Waals surface area contributed by atoms with Gasteiger partial charge >= 0.3 is 0 Å². The van der Waals surface area contributed by atoms with E-state index in [0.29, 0.717) is 5.56 Å². The maximum Gasteiger partial charge on any atom is 0.187 e. The molecular weight excluding hydrogens is 294 g/mol. The highest BCUT2D eigenvalue weighted by molar-refractivity contribution is 6.09. The van der Waals surface area contributed by atoms with Crippen molar-refractivity contribution in [2.24, 2.45) is 0 Å². The lowest BCUT2D eigenvalue weighted by Gasteiger charge is -2.23. The van der Waals surface area contributed by atoms with Gasteiger partial charge in [0.1, 0.15) is 0 Å². The predicted octanol–water partition coefficient (Wildman–Crippen LogP) is 5.05. The number of carbonyl (C=O) groups excluding carboxylic acids is 1. The molecule has 2 nitrogen and oxygen atoms in total. The third-order valence-corrected chi connectivity index (χ3v) is 3.90. The number of ketones is 1. The van der Waals surface area contributed by atoms with Gasteiger partial charge in [-0.2, -0.15) is 0 Å². The van der Waals surface area contributed by atoms with Crippen LogP contribution in [0.1, 0.15) is 15.9 Å². The van der Waals surface area contributed by atoms with Crippen LogP contribution in [0, 0.1) is 0 Å². The van der Waals surface area contributed by atoms with Crippen LogP contribution in [0.25, 0.3) is 5.70 Å². The summed E-state index contributed by atoms with van der Waals surface area (Å²) in [5.41, 5.74) is 3.60. The first-order chi connectivity index (χ1) is 11.8. The molecule has 0 aromatic heterocycles. The number of allylic oxidation sites excluding steroid dienone is 1. The van der Waals surface area contributed by atoms with Crippen molar-refractivity contribution in [3.63, 3.8) is 0 Å². The molecule has 0 bridgehead atoms. The maximum absolute atomic E-state index is 12.7. The van der Waals surface area contributed by atoms with E-state index < -0.39 is 0 Å². The molecule has 0 unspecified atom stereocenters. The van der Waals surface area contributed by atoms with Crippen LogP contribution in [-0.4, -0.2) is 12.8 Å². The minimum Gasteiger partial charge on any atom is -0.344 e. The average molecular weight is 313 g/mol. The second-order valence-corrected chi connectivity index (χ2v) is 5.52. The van der Waals surface area contributed by atoms with Gasteiger partial charge in [-0.25, -0.2) is 0 Å². The van der Waals surface area contributed by atoms with Crippen LogP contribution in [0.15, 0.2) is 97.1 Å². The Labute approximate surface area is 142 Å². The molecule has 0 radical (unpaired) electrons. The van der Waals surface area contributed by atoms with Gasteiger partial charge in [-0.1, -0.05) is 78.9 Å². The van der Waals surface area contributed by atoms with Gasteiger partial charge in [0.25, 0.3) is 0 Å². The smallest absolute Gasteiger partial charge is 0.187 e. The minimum atomic E-state index is -0.00256. The fourth-order valence-corrected chi connectivity index (χ4v) is 2.58. The maximum atomic E-state index is 12.7. The Morgan fingerprint density at radius 3 is 1.71 bits per heavy atom. The molecule has 2 heteroatoms. The monoisotopic (exact) mass is 313 g/mol. The quantitative estimate of drug-likeness (QED) is 0.485. The van der Waals surface area contributed by atoms with Crippen molar-refractivity contribution in [3.8, 4) is 0 Å². The van der Waals surface area contributed by atoms with Gasteiger partial charge in [0, 0.05) is 24.4 Å². The zero-order valence-electron chi connectivity index (χ0n) is 13.6. The zero-order chi connectivity index (χ0) is 16.8. The van der Waals surface area contributed by atoms with Crippen LogP contribution < -0.4 is 4.90 Å². The zero-order valence-corrected chi connectivity index (χ0v) is 13.6. The first-order valence-electron chi connectivity index (χ1n) is 7.91. The van der Waals surface area contributed by atoms with Crippen molar-refractivity contribution in [2.75, 3.05) is 11.9 Å². The predicted molar refractivity (Wildman–Crippen MR) is 100 cm³/mol. The second-order valence-electron chi connectivity index (χ2n) is 5.52. The summed E-state index contributed by atoms with van der Waals surface area (Å²) in [7, 11) is 1.98. The summed E-state index contributed by atoms with van der Waals surface area (Å²) in [6.07, 6.45) is 1.71. The first kappa shape index (κ1) is 15.8. The normalized spacial score (nSPS) is 11.1. The fourth-order valence-electron chi connectivity index (χ4n) is 2.58. The summed E-state index contributed by atoms with van der Waals surface area (Å²) in [5.74, 6) is -0.00256. The topological polar surface area (TPSA) is 20.3 Å². The third-order valence-electron chi connectivity index (χ3n) is 3.90. The molecule has 0 aliphatic rings. The summed E-state index contributed by atoms with van der Waals surface area (Å²) in [6, 6.07) is 29.4. The third kappa shape index (κ3) is 3.61. The van der Waals surface area contributed by atoms with Crippen LogP contribution in [0.5, 0.6) is 0 Å². The van der Waals surface area contributed by atoms with Gasteiger partial charge in [0.15, 0.2) is 5.78 Å². The van der Waals surface area contributed by atoms with Crippen LogP contribution in [0.2, 0.25) is 0 Å². The standard InChI is InChI=1S/C22H19NO/c1-23(20-15-9-4-10-16-20)21(18-11-5-2-6-12-18)17-22(24)19-13-7-3-8-14-19/h2-17H,1H3/b21-17-. The van der Waals surface area contributed by atoms with Gasteiger partial charge < -0.3 is 4.90 Å². The van der Waals surface area contributed by atoms with E-state index >= 15 is 0 Å².